The first kappa shape index (κ1) is 18.5. The number of benzene rings is 3. The molecule has 1 aliphatic carbocycles. The number of rotatable bonds is 5. The van der Waals surface area contributed by atoms with Gasteiger partial charge in [0.1, 0.15) is 5.71 Å². The van der Waals surface area contributed by atoms with Gasteiger partial charge in [0.05, 0.1) is 21.3 Å². The van der Waals surface area contributed by atoms with Crippen molar-refractivity contribution in [1.29, 1.82) is 0 Å². The molecular formula is C22H18N2O5. The molecular weight excluding hydrogens is 372 g/mol. The molecule has 0 atom stereocenters. The van der Waals surface area contributed by atoms with Gasteiger partial charge >= 0.3 is 0 Å². The van der Waals surface area contributed by atoms with Gasteiger partial charge in [-0.05, 0) is 17.5 Å². The Bertz CT molecular complexity index is 1150. The van der Waals surface area contributed by atoms with E-state index in [1.807, 2.05) is 30.3 Å². The number of ether oxygens (including phenoxy) is 3. The lowest BCUT2D eigenvalue weighted by Crippen LogP contribution is -2.22. The summed E-state index contributed by atoms with van der Waals surface area (Å²) in [5, 5.41) is 5.93. The van der Waals surface area contributed by atoms with Gasteiger partial charge in [-0.25, -0.2) is 5.43 Å². The monoisotopic (exact) mass is 390 g/mol. The molecule has 0 aliphatic heterocycles. The van der Waals surface area contributed by atoms with Gasteiger partial charge in [-0.15, -0.1) is 0 Å². The van der Waals surface area contributed by atoms with Crippen LogP contribution in [0.2, 0.25) is 0 Å². The number of nitrogens with zero attached hydrogens (tertiary/aromatic N) is 1. The van der Waals surface area contributed by atoms with Gasteiger partial charge in [0.15, 0.2) is 11.5 Å². The molecule has 146 valence electrons. The molecule has 0 radical (unpaired) electrons. The highest BCUT2D eigenvalue weighted by atomic mass is 16.5. The first-order chi connectivity index (χ1) is 14.1. The second kappa shape index (κ2) is 7.27. The quantitative estimate of drug-likeness (QED) is 0.676. The minimum Gasteiger partial charge on any atom is -0.493 e. The third-order valence-corrected chi connectivity index (χ3v) is 4.82. The highest BCUT2D eigenvalue weighted by molar-refractivity contribution is 6.59. The van der Waals surface area contributed by atoms with E-state index >= 15 is 0 Å². The summed E-state index contributed by atoms with van der Waals surface area (Å²) < 4.78 is 15.8. The van der Waals surface area contributed by atoms with Crippen LogP contribution in [0.5, 0.6) is 17.2 Å². The molecule has 0 saturated heterocycles. The normalized spacial score (nSPS) is 13.6. The van der Waals surface area contributed by atoms with Crippen molar-refractivity contribution in [1.82, 2.24) is 5.43 Å². The maximum Gasteiger partial charge on any atom is 0.271 e. The van der Waals surface area contributed by atoms with Crippen LogP contribution in [0.1, 0.15) is 26.3 Å². The van der Waals surface area contributed by atoms with E-state index < -0.39 is 5.91 Å². The summed E-state index contributed by atoms with van der Waals surface area (Å²) in [7, 11) is 4.42. The molecule has 0 aromatic heterocycles. The van der Waals surface area contributed by atoms with E-state index in [0.717, 1.165) is 10.8 Å². The number of methoxy groups -OCH3 is 3. The SMILES string of the molecule is COc1cc(C(=O)NN=C2C(=O)c3cccc4cccc2c34)cc(OC)c1OC. The zero-order chi connectivity index (χ0) is 20.5. The van der Waals surface area contributed by atoms with Crippen molar-refractivity contribution < 1.29 is 23.8 Å². The van der Waals surface area contributed by atoms with E-state index in [0.29, 0.717) is 28.4 Å². The first-order valence-corrected chi connectivity index (χ1v) is 8.84. The minimum atomic E-state index is -0.507. The number of Topliss-reactive ketones (excluding diaryl/α,β-unsaturated/α-hetero) is 1. The molecule has 0 saturated carbocycles. The molecule has 3 aromatic carbocycles. The topological polar surface area (TPSA) is 86.2 Å². The van der Waals surface area contributed by atoms with Crippen molar-refractivity contribution in [2.75, 3.05) is 21.3 Å². The molecule has 0 spiro atoms. The fourth-order valence-corrected chi connectivity index (χ4v) is 3.47. The fraction of sp³-hybridized carbons (Fsp3) is 0.136. The van der Waals surface area contributed by atoms with Crippen LogP contribution in [0, 0.1) is 0 Å². The lowest BCUT2D eigenvalue weighted by Gasteiger charge is -2.13. The Morgan fingerprint density at radius 2 is 1.52 bits per heavy atom. The Balaban J connectivity index is 1.68. The van der Waals surface area contributed by atoms with E-state index in [9.17, 15) is 9.59 Å². The van der Waals surface area contributed by atoms with Crippen molar-refractivity contribution in [3.8, 4) is 17.2 Å². The average Bonchev–Trinajstić information content (AvgIpc) is 3.04. The average molecular weight is 390 g/mol. The molecule has 0 fully saturated rings. The number of carbonyl (C=O) groups excluding carboxylic acids is 2. The van der Waals surface area contributed by atoms with Crippen LogP contribution in [0.15, 0.2) is 53.6 Å². The fourth-order valence-electron chi connectivity index (χ4n) is 3.47. The van der Waals surface area contributed by atoms with Crippen LogP contribution in [-0.2, 0) is 0 Å². The van der Waals surface area contributed by atoms with Crippen molar-refractivity contribution >= 4 is 28.2 Å². The third-order valence-electron chi connectivity index (χ3n) is 4.82. The predicted octanol–water partition coefficient (Wildman–Crippen LogP) is 3.20. The van der Waals surface area contributed by atoms with Gasteiger partial charge in [-0.2, -0.15) is 5.10 Å². The Hall–Kier alpha value is -3.87. The zero-order valence-electron chi connectivity index (χ0n) is 16.1. The summed E-state index contributed by atoms with van der Waals surface area (Å²) >= 11 is 0. The number of amides is 1. The second-order valence-corrected chi connectivity index (χ2v) is 6.35. The number of nitrogens with one attached hydrogen (secondary N) is 1. The van der Waals surface area contributed by atoms with Crippen LogP contribution < -0.4 is 19.6 Å². The largest absolute Gasteiger partial charge is 0.493 e. The number of ketones is 1. The lowest BCUT2D eigenvalue weighted by molar-refractivity contribution is 0.0954. The van der Waals surface area contributed by atoms with Crippen LogP contribution in [0.3, 0.4) is 0 Å². The number of hydrogen-bond donors (Lipinski definition) is 1. The molecule has 1 N–H and O–H groups in total. The van der Waals surface area contributed by atoms with Crippen molar-refractivity contribution in [2.24, 2.45) is 5.10 Å². The molecule has 1 amide bonds. The molecule has 3 aromatic rings. The smallest absolute Gasteiger partial charge is 0.271 e. The summed E-state index contributed by atoms with van der Waals surface area (Å²) in [5.41, 5.74) is 4.21. The van der Waals surface area contributed by atoms with Gasteiger partial charge in [0.25, 0.3) is 5.91 Å². The summed E-state index contributed by atoms with van der Waals surface area (Å²) in [6.07, 6.45) is 0. The van der Waals surface area contributed by atoms with Crippen molar-refractivity contribution in [3.63, 3.8) is 0 Å². The van der Waals surface area contributed by atoms with Gasteiger partial charge in [-0.1, -0.05) is 36.4 Å². The van der Waals surface area contributed by atoms with Crippen LogP contribution >= 0.6 is 0 Å². The Kier molecular flexibility index (Phi) is 4.64. The molecule has 0 bridgehead atoms. The Morgan fingerprint density at radius 1 is 0.897 bits per heavy atom. The highest BCUT2D eigenvalue weighted by Gasteiger charge is 2.29. The van der Waals surface area contributed by atoms with Crippen LogP contribution in [0.4, 0.5) is 0 Å². The third kappa shape index (κ3) is 2.97. The Morgan fingerprint density at radius 3 is 2.10 bits per heavy atom. The molecule has 7 heteroatoms. The second-order valence-electron chi connectivity index (χ2n) is 6.35. The molecule has 4 rings (SSSR count). The molecule has 7 nitrogen and oxygen atoms in total. The molecule has 1 aliphatic rings. The lowest BCUT2D eigenvalue weighted by atomic mass is 10.1. The van der Waals surface area contributed by atoms with Gasteiger partial charge < -0.3 is 14.2 Å². The van der Waals surface area contributed by atoms with Gasteiger partial charge in [0.2, 0.25) is 11.5 Å². The molecule has 29 heavy (non-hydrogen) atoms. The standard InChI is InChI=1S/C22H18N2O5/c1-27-16-10-13(11-17(28-2)21(16)29-3)22(26)24-23-19-14-8-4-6-12-7-5-9-15(18(12)14)20(19)25/h4-11H,1-3H3,(H,24,26). The van der Waals surface area contributed by atoms with Crippen molar-refractivity contribution in [3.05, 3.63) is 65.2 Å². The Labute approximate surface area is 166 Å². The minimum absolute atomic E-state index is 0.206. The maximum absolute atomic E-state index is 12.8. The number of hydrogen-bond acceptors (Lipinski definition) is 6. The van der Waals surface area contributed by atoms with E-state index in [1.165, 1.54) is 33.5 Å². The zero-order valence-corrected chi connectivity index (χ0v) is 16.1. The van der Waals surface area contributed by atoms with E-state index in [2.05, 4.69) is 10.5 Å². The number of carbonyl (C=O) groups is 2. The molecule has 0 heterocycles. The van der Waals surface area contributed by atoms with E-state index in [1.54, 1.807) is 6.07 Å². The molecule has 0 unspecified atom stereocenters. The predicted molar refractivity (Wildman–Crippen MR) is 108 cm³/mol. The maximum atomic E-state index is 12.8. The van der Waals surface area contributed by atoms with Gasteiger partial charge in [-0.3, -0.25) is 9.59 Å². The van der Waals surface area contributed by atoms with Crippen LogP contribution in [0.25, 0.3) is 10.8 Å². The first-order valence-electron chi connectivity index (χ1n) is 8.84. The summed E-state index contributed by atoms with van der Waals surface area (Å²) in [6, 6.07) is 14.2. The van der Waals surface area contributed by atoms with Crippen LogP contribution in [-0.4, -0.2) is 38.7 Å². The van der Waals surface area contributed by atoms with Gasteiger partial charge in [0, 0.05) is 22.1 Å². The van der Waals surface area contributed by atoms with E-state index in [4.69, 9.17) is 14.2 Å². The number of hydrazone groups is 1. The van der Waals surface area contributed by atoms with Crippen molar-refractivity contribution in [2.45, 2.75) is 0 Å². The summed E-state index contributed by atoms with van der Waals surface area (Å²) in [4.78, 5) is 25.5. The summed E-state index contributed by atoms with van der Waals surface area (Å²) in [5.74, 6) is 0.346. The summed E-state index contributed by atoms with van der Waals surface area (Å²) in [6.45, 7) is 0. The van der Waals surface area contributed by atoms with E-state index in [-0.39, 0.29) is 17.1 Å². The highest BCUT2D eigenvalue weighted by Crippen LogP contribution is 2.38.